The summed E-state index contributed by atoms with van der Waals surface area (Å²) in [6, 6.07) is 0.0856. The van der Waals surface area contributed by atoms with E-state index in [1.807, 2.05) is 45.4 Å². The van der Waals surface area contributed by atoms with Gasteiger partial charge in [0, 0.05) is 38.4 Å². The van der Waals surface area contributed by atoms with E-state index in [1.54, 1.807) is 4.68 Å². The van der Waals surface area contributed by atoms with Crippen molar-refractivity contribution in [2.75, 3.05) is 33.7 Å². The Kier molecular flexibility index (Phi) is 6.01. The van der Waals surface area contributed by atoms with Crippen molar-refractivity contribution in [3.05, 3.63) is 18.0 Å². The molecule has 130 valence electrons. The predicted octanol–water partition coefficient (Wildman–Crippen LogP) is 1.23. The van der Waals surface area contributed by atoms with Gasteiger partial charge in [-0.05, 0) is 27.4 Å². The van der Waals surface area contributed by atoms with Crippen LogP contribution in [0, 0.1) is 0 Å². The summed E-state index contributed by atoms with van der Waals surface area (Å²) in [5, 5.41) is 7.28. The molecule has 0 radical (unpaired) electrons. The first-order chi connectivity index (χ1) is 10.9. The summed E-state index contributed by atoms with van der Waals surface area (Å²) in [6.07, 6.45) is 4.97. The number of hydrogen-bond acceptors (Lipinski definition) is 4. The summed E-state index contributed by atoms with van der Waals surface area (Å²) < 4.78 is 7.59. The molecule has 0 saturated carbocycles. The first-order valence-electron chi connectivity index (χ1n) is 8.23. The summed E-state index contributed by atoms with van der Waals surface area (Å²) in [7, 11) is 5.91. The number of carbonyl (C=O) groups excluding carboxylic acids is 1. The molecule has 23 heavy (non-hydrogen) atoms. The lowest BCUT2D eigenvalue weighted by Gasteiger charge is -2.36. The molecular weight excluding hydrogens is 294 g/mol. The summed E-state index contributed by atoms with van der Waals surface area (Å²) in [5.41, 5.74) is 1.10. The number of morpholine rings is 1. The first kappa shape index (κ1) is 17.7. The van der Waals surface area contributed by atoms with Crippen LogP contribution in [-0.4, -0.2) is 71.5 Å². The van der Waals surface area contributed by atoms with E-state index in [2.05, 4.69) is 22.2 Å². The van der Waals surface area contributed by atoms with Crippen LogP contribution in [0.4, 0.5) is 4.79 Å². The Labute approximate surface area is 138 Å². The number of nitrogens with one attached hydrogen (secondary N) is 1. The van der Waals surface area contributed by atoms with Gasteiger partial charge in [0.25, 0.3) is 0 Å². The Morgan fingerprint density at radius 1 is 1.52 bits per heavy atom. The zero-order chi connectivity index (χ0) is 17.0. The third-order valence-electron chi connectivity index (χ3n) is 4.25. The largest absolute Gasteiger partial charge is 0.372 e. The van der Waals surface area contributed by atoms with Crippen LogP contribution in [0.1, 0.15) is 31.9 Å². The van der Waals surface area contributed by atoms with E-state index in [0.29, 0.717) is 19.6 Å². The molecule has 1 aliphatic heterocycles. The fourth-order valence-corrected chi connectivity index (χ4v) is 2.94. The van der Waals surface area contributed by atoms with Crippen molar-refractivity contribution in [1.82, 2.24) is 24.9 Å². The van der Waals surface area contributed by atoms with Gasteiger partial charge in [0.05, 0.1) is 24.4 Å². The lowest BCUT2D eigenvalue weighted by atomic mass is 10.1. The van der Waals surface area contributed by atoms with Crippen molar-refractivity contribution in [3.63, 3.8) is 0 Å². The van der Waals surface area contributed by atoms with Gasteiger partial charge in [-0.1, -0.05) is 6.92 Å². The highest BCUT2D eigenvalue weighted by Crippen LogP contribution is 2.17. The number of ether oxygens (including phenoxy) is 1. The van der Waals surface area contributed by atoms with Gasteiger partial charge < -0.3 is 19.9 Å². The highest BCUT2D eigenvalue weighted by atomic mass is 16.5. The number of aromatic nitrogens is 2. The average molecular weight is 323 g/mol. The van der Waals surface area contributed by atoms with Crippen molar-refractivity contribution in [1.29, 1.82) is 0 Å². The molecule has 1 aliphatic rings. The smallest absolute Gasteiger partial charge is 0.317 e. The molecule has 0 spiro atoms. The van der Waals surface area contributed by atoms with Crippen LogP contribution < -0.4 is 5.32 Å². The molecule has 0 bridgehead atoms. The Morgan fingerprint density at radius 2 is 2.26 bits per heavy atom. The minimum atomic E-state index is -0.0191. The van der Waals surface area contributed by atoms with Crippen LogP contribution in [-0.2, 0) is 11.8 Å². The van der Waals surface area contributed by atoms with Gasteiger partial charge in [-0.3, -0.25) is 4.68 Å². The molecule has 3 atom stereocenters. The average Bonchev–Trinajstić information content (AvgIpc) is 2.92. The molecule has 2 amide bonds. The molecular formula is C16H29N5O2. The Morgan fingerprint density at radius 3 is 2.83 bits per heavy atom. The molecule has 7 nitrogen and oxygen atoms in total. The number of likely N-dealkylation sites (N-methyl/N-ethyl adjacent to an activating group) is 1. The minimum Gasteiger partial charge on any atom is -0.372 e. The molecule has 7 heteroatoms. The zero-order valence-corrected chi connectivity index (χ0v) is 14.8. The van der Waals surface area contributed by atoms with Crippen LogP contribution in [0.5, 0.6) is 0 Å². The third-order valence-corrected chi connectivity index (χ3v) is 4.25. The van der Waals surface area contributed by atoms with Crippen molar-refractivity contribution in [3.8, 4) is 0 Å². The van der Waals surface area contributed by atoms with Gasteiger partial charge in [0.1, 0.15) is 0 Å². The number of hydrogen-bond donors (Lipinski definition) is 1. The number of aryl methyl sites for hydroxylation is 1. The molecule has 1 aromatic heterocycles. The standard InChI is InChI=1S/C16H29N5O2/c1-6-14-11-21(9-12(2)23-14)16(22)17-8-15(19(3)4)13-7-18-20(5)10-13/h7,10,12,14-15H,6,8-9,11H2,1-5H3,(H,17,22)/t12-,14+,15-/m0/s1. The molecule has 1 N–H and O–H groups in total. The summed E-state index contributed by atoms with van der Waals surface area (Å²) >= 11 is 0. The van der Waals surface area contributed by atoms with E-state index in [4.69, 9.17) is 4.74 Å². The number of rotatable bonds is 5. The number of amides is 2. The molecule has 1 fully saturated rings. The van der Waals surface area contributed by atoms with Gasteiger partial charge in [0.2, 0.25) is 0 Å². The van der Waals surface area contributed by atoms with Crippen molar-refractivity contribution >= 4 is 6.03 Å². The Hall–Kier alpha value is -1.60. The van der Waals surface area contributed by atoms with Crippen molar-refractivity contribution < 1.29 is 9.53 Å². The second kappa shape index (κ2) is 7.79. The number of nitrogens with zero attached hydrogens (tertiary/aromatic N) is 4. The van der Waals surface area contributed by atoms with Gasteiger partial charge in [-0.15, -0.1) is 0 Å². The van der Waals surface area contributed by atoms with Gasteiger partial charge >= 0.3 is 6.03 Å². The van der Waals surface area contributed by atoms with Gasteiger partial charge in [-0.25, -0.2) is 4.79 Å². The first-order valence-corrected chi connectivity index (χ1v) is 8.23. The lowest BCUT2D eigenvalue weighted by molar-refractivity contribution is -0.0646. The summed E-state index contributed by atoms with van der Waals surface area (Å²) in [6.45, 7) is 5.96. The third kappa shape index (κ3) is 4.68. The topological polar surface area (TPSA) is 62.6 Å². The van der Waals surface area contributed by atoms with Crippen LogP contribution in [0.3, 0.4) is 0 Å². The maximum atomic E-state index is 12.5. The fraction of sp³-hybridized carbons (Fsp3) is 0.750. The molecule has 1 saturated heterocycles. The summed E-state index contributed by atoms with van der Waals surface area (Å²) in [5.74, 6) is 0. The molecule has 2 heterocycles. The Bertz CT molecular complexity index is 516. The normalized spacial score (nSPS) is 23.1. The van der Waals surface area contributed by atoms with Crippen molar-refractivity contribution in [2.45, 2.75) is 38.5 Å². The second-order valence-electron chi connectivity index (χ2n) is 6.49. The van der Waals surface area contributed by atoms with Crippen LogP contribution in [0.15, 0.2) is 12.4 Å². The summed E-state index contributed by atoms with van der Waals surface area (Å²) in [4.78, 5) is 16.4. The van der Waals surface area contributed by atoms with Gasteiger partial charge in [-0.2, -0.15) is 5.10 Å². The van der Waals surface area contributed by atoms with E-state index in [-0.39, 0.29) is 24.3 Å². The van der Waals surface area contributed by atoms with Crippen LogP contribution >= 0.6 is 0 Å². The molecule has 1 aromatic rings. The maximum absolute atomic E-state index is 12.5. The van der Waals surface area contributed by atoms with Gasteiger partial charge in [0.15, 0.2) is 0 Å². The van der Waals surface area contributed by atoms with Crippen LogP contribution in [0.25, 0.3) is 0 Å². The molecule has 0 unspecified atom stereocenters. The Balaban J connectivity index is 1.93. The van der Waals surface area contributed by atoms with E-state index in [0.717, 1.165) is 12.0 Å². The van der Waals surface area contributed by atoms with Crippen molar-refractivity contribution in [2.24, 2.45) is 7.05 Å². The zero-order valence-electron chi connectivity index (χ0n) is 14.8. The highest BCUT2D eigenvalue weighted by molar-refractivity contribution is 5.74. The minimum absolute atomic E-state index is 0.0191. The fourth-order valence-electron chi connectivity index (χ4n) is 2.94. The quantitative estimate of drug-likeness (QED) is 0.885. The van der Waals surface area contributed by atoms with E-state index in [9.17, 15) is 4.79 Å². The molecule has 0 aromatic carbocycles. The highest BCUT2D eigenvalue weighted by Gasteiger charge is 2.28. The lowest BCUT2D eigenvalue weighted by Crippen LogP contribution is -2.53. The van der Waals surface area contributed by atoms with E-state index in [1.165, 1.54) is 0 Å². The monoisotopic (exact) mass is 323 g/mol. The number of carbonyl (C=O) groups is 1. The SMILES string of the molecule is CC[C@@H]1CN(C(=O)NC[C@@H](c2cnn(C)c2)N(C)C)C[C@H](C)O1. The molecule has 0 aliphatic carbocycles. The van der Waals surface area contributed by atoms with Crippen LogP contribution in [0.2, 0.25) is 0 Å². The predicted molar refractivity (Wildman–Crippen MR) is 89.2 cm³/mol. The molecule has 2 rings (SSSR count). The van der Waals surface area contributed by atoms with E-state index < -0.39 is 0 Å². The number of urea groups is 1. The maximum Gasteiger partial charge on any atom is 0.317 e. The van der Waals surface area contributed by atoms with E-state index >= 15 is 0 Å². The second-order valence-corrected chi connectivity index (χ2v) is 6.49.